The Kier molecular flexibility index (Phi) is 4.87. The summed E-state index contributed by atoms with van der Waals surface area (Å²) in [6, 6.07) is 6.79. The van der Waals surface area contributed by atoms with Crippen LogP contribution < -0.4 is 5.32 Å². The minimum absolute atomic E-state index is 0.217. The number of nitrogens with one attached hydrogen (secondary N) is 1. The molecule has 1 aromatic carbocycles. The lowest BCUT2D eigenvalue weighted by Gasteiger charge is -2.15. The van der Waals surface area contributed by atoms with Gasteiger partial charge in [0, 0.05) is 6.54 Å². The van der Waals surface area contributed by atoms with E-state index in [1.165, 1.54) is 11.6 Å². The summed E-state index contributed by atoms with van der Waals surface area (Å²) in [5.41, 5.74) is 2.23. The highest BCUT2D eigenvalue weighted by atomic mass is 32.1. The molecule has 0 aliphatic rings. The number of carbonyl (C=O) groups excluding carboxylic acids is 1. The molecule has 5 heteroatoms. The number of aryl methyl sites for hydroxylation is 1. The van der Waals surface area contributed by atoms with Gasteiger partial charge in [0.15, 0.2) is 0 Å². The van der Waals surface area contributed by atoms with Gasteiger partial charge in [-0.1, -0.05) is 6.07 Å². The van der Waals surface area contributed by atoms with Crippen molar-refractivity contribution < 1.29 is 9.18 Å². The lowest BCUT2D eigenvalue weighted by Crippen LogP contribution is -2.30. The van der Waals surface area contributed by atoms with Crippen molar-refractivity contribution in [2.24, 2.45) is 0 Å². The molecule has 1 aromatic heterocycles. The van der Waals surface area contributed by atoms with Crippen LogP contribution in [0.1, 0.15) is 11.1 Å². The maximum Gasteiger partial charge on any atom is 0.238 e. The maximum absolute atomic E-state index is 13.6. The van der Waals surface area contributed by atoms with Gasteiger partial charge in [-0.15, -0.1) is 0 Å². The van der Waals surface area contributed by atoms with Crippen molar-refractivity contribution in [2.45, 2.75) is 13.5 Å². The molecule has 0 saturated carbocycles. The van der Waals surface area contributed by atoms with Gasteiger partial charge in [-0.25, -0.2) is 4.39 Å². The maximum atomic E-state index is 13.6. The quantitative estimate of drug-likeness (QED) is 0.917. The molecule has 0 aliphatic heterocycles. The predicted molar refractivity (Wildman–Crippen MR) is 80.4 cm³/mol. The molecule has 0 spiro atoms. The van der Waals surface area contributed by atoms with Gasteiger partial charge in [0.1, 0.15) is 5.82 Å². The third-order valence-corrected chi connectivity index (χ3v) is 3.58. The molecule has 1 amide bonds. The van der Waals surface area contributed by atoms with E-state index in [4.69, 9.17) is 0 Å². The van der Waals surface area contributed by atoms with Gasteiger partial charge in [0.2, 0.25) is 5.91 Å². The van der Waals surface area contributed by atoms with Crippen LogP contribution in [0, 0.1) is 12.7 Å². The van der Waals surface area contributed by atoms with Crippen molar-refractivity contribution in [3.05, 3.63) is 52.0 Å². The first-order valence-electron chi connectivity index (χ1n) is 6.30. The van der Waals surface area contributed by atoms with Gasteiger partial charge in [0.05, 0.1) is 12.2 Å². The molecule has 106 valence electrons. The number of amides is 1. The van der Waals surface area contributed by atoms with Crippen molar-refractivity contribution >= 4 is 22.9 Å². The van der Waals surface area contributed by atoms with Crippen LogP contribution in [0.25, 0.3) is 0 Å². The highest BCUT2D eigenvalue weighted by Crippen LogP contribution is 2.15. The molecule has 0 atom stereocenters. The van der Waals surface area contributed by atoms with Gasteiger partial charge in [-0.3, -0.25) is 9.69 Å². The smallest absolute Gasteiger partial charge is 0.238 e. The SMILES string of the molecule is Cc1ccc(NC(=O)CN(C)Cc2ccsc2)c(F)c1. The van der Waals surface area contributed by atoms with E-state index >= 15 is 0 Å². The molecule has 0 aliphatic carbocycles. The number of hydrogen-bond donors (Lipinski definition) is 1. The second-order valence-electron chi connectivity index (χ2n) is 4.84. The van der Waals surface area contributed by atoms with E-state index < -0.39 is 5.82 Å². The monoisotopic (exact) mass is 292 g/mol. The Hall–Kier alpha value is -1.72. The number of carbonyl (C=O) groups is 1. The number of hydrogen-bond acceptors (Lipinski definition) is 3. The summed E-state index contributed by atoms with van der Waals surface area (Å²) in [5, 5.41) is 6.65. The summed E-state index contributed by atoms with van der Waals surface area (Å²) in [4.78, 5) is 13.8. The zero-order valence-electron chi connectivity index (χ0n) is 11.5. The number of nitrogens with zero attached hydrogens (tertiary/aromatic N) is 1. The number of benzene rings is 1. The fraction of sp³-hybridized carbons (Fsp3) is 0.267. The van der Waals surface area contributed by atoms with Crippen LogP contribution in [0.3, 0.4) is 0 Å². The highest BCUT2D eigenvalue weighted by Gasteiger charge is 2.10. The van der Waals surface area contributed by atoms with E-state index in [1.807, 2.05) is 35.7 Å². The zero-order valence-corrected chi connectivity index (χ0v) is 12.3. The van der Waals surface area contributed by atoms with Crippen LogP contribution in [-0.2, 0) is 11.3 Å². The molecule has 1 heterocycles. The molecule has 0 saturated heterocycles. The average Bonchev–Trinajstić information content (AvgIpc) is 2.85. The topological polar surface area (TPSA) is 32.3 Å². The Balaban J connectivity index is 1.88. The normalized spacial score (nSPS) is 10.8. The van der Waals surface area contributed by atoms with Crippen LogP contribution in [0.2, 0.25) is 0 Å². The van der Waals surface area contributed by atoms with E-state index in [0.717, 1.165) is 5.56 Å². The lowest BCUT2D eigenvalue weighted by molar-refractivity contribution is -0.117. The van der Waals surface area contributed by atoms with Gasteiger partial charge < -0.3 is 5.32 Å². The fourth-order valence-corrected chi connectivity index (χ4v) is 2.57. The second-order valence-corrected chi connectivity index (χ2v) is 5.62. The Bertz CT molecular complexity index is 584. The molecular weight excluding hydrogens is 275 g/mol. The second kappa shape index (κ2) is 6.63. The number of rotatable bonds is 5. The Morgan fingerprint density at radius 3 is 2.85 bits per heavy atom. The summed E-state index contributed by atoms with van der Waals surface area (Å²) in [6.45, 7) is 2.74. The molecule has 20 heavy (non-hydrogen) atoms. The number of anilines is 1. The van der Waals surface area contributed by atoms with Crippen molar-refractivity contribution in [2.75, 3.05) is 18.9 Å². The van der Waals surface area contributed by atoms with Crippen molar-refractivity contribution in [1.82, 2.24) is 4.90 Å². The minimum atomic E-state index is -0.404. The molecule has 2 aromatic rings. The largest absolute Gasteiger partial charge is 0.322 e. The van der Waals surface area contributed by atoms with Crippen LogP contribution in [0.15, 0.2) is 35.0 Å². The lowest BCUT2D eigenvalue weighted by atomic mass is 10.2. The van der Waals surface area contributed by atoms with E-state index in [0.29, 0.717) is 6.54 Å². The van der Waals surface area contributed by atoms with Gasteiger partial charge in [-0.05, 0) is 54.1 Å². The van der Waals surface area contributed by atoms with Crippen LogP contribution >= 0.6 is 11.3 Å². The van der Waals surface area contributed by atoms with Gasteiger partial charge >= 0.3 is 0 Å². The summed E-state index contributed by atoms with van der Waals surface area (Å²) in [5.74, 6) is -0.621. The van der Waals surface area contributed by atoms with Crippen molar-refractivity contribution in [1.29, 1.82) is 0 Å². The van der Waals surface area contributed by atoms with E-state index in [9.17, 15) is 9.18 Å². The average molecular weight is 292 g/mol. The highest BCUT2D eigenvalue weighted by molar-refractivity contribution is 7.07. The van der Waals surface area contributed by atoms with Crippen LogP contribution in [-0.4, -0.2) is 24.4 Å². The minimum Gasteiger partial charge on any atom is -0.322 e. The first-order valence-corrected chi connectivity index (χ1v) is 7.24. The van der Waals surface area contributed by atoms with E-state index in [2.05, 4.69) is 5.32 Å². The number of thiophene rings is 1. The number of halogens is 1. The predicted octanol–water partition coefficient (Wildman–Crippen LogP) is 3.27. The summed E-state index contributed by atoms with van der Waals surface area (Å²) in [6.07, 6.45) is 0. The Labute approximate surface area is 122 Å². The van der Waals surface area contributed by atoms with Gasteiger partial charge in [0.25, 0.3) is 0 Å². The van der Waals surface area contributed by atoms with Crippen LogP contribution in [0.5, 0.6) is 0 Å². The summed E-state index contributed by atoms with van der Waals surface area (Å²) >= 11 is 1.63. The standard InChI is InChI=1S/C15H17FN2OS/c1-11-3-4-14(13(16)7-11)17-15(19)9-18(2)8-12-5-6-20-10-12/h3-7,10H,8-9H2,1-2H3,(H,17,19). The molecule has 0 radical (unpaired) electrons. The fourth-order valence-electron chi connectivity index (χ4n) is 1.91. The summed E-state index contributed by atoms with van der Waals surface area (Å²) in [7, 11) is 1.86. The third kappa shape index (κ3) is 4.15. The Morgan fingerprint density at radius 1 is 1.40 bits per heavy atom. The van der Waals surface area contributed by atoms with Crippen molar-refractivity contribution in [3.8, 4) is 0 Å². The molecule has 3 nitrogen and oxygen atoms in total. The first kappa shape index (κ1) is 14.7. The van der Waals surface area contributed by atoms with Gasteiger partial charge in [-0.2, -0.15) is 11.3 Å². The molecule has 0 unspecified atom stereocenters. The number of likely N-dealkylation sites (N-methyl/N-ethyl adjacent to an activating group) is 1. The molecular formula is C15H17FN2OS. The summed E-state index contributed by atoms with van der Waals surface area (Å²) < 4.78 is 13.6. The first-order chi connectivity index (χ1) is 9.54. The van der Waals surface area contributed by atoms with E-state index in [1.54, 1.807) is 23.5 Å². The Morgan fingerprint density at radius 2 is 2.20 bits per heavy atom. The third-order valence-electron chi connectivity index (χ3n) is 2.84. The van der Waals surface area contributed by atoms with Crippen LogP contribution in [0.4, 0.5) is 10.1 Å². The van der Waals surface area contributed by atoms with Crippen molar-refractivity contribution in [3.63, 3.8) is 0 Å². The molecule has 0 fully saturated rings. The zero-order chi connectivity index (χ0) is 14.5. The van der Waals surface area contributed by atoms with E-state index in [-0.39, 0.29) is 18.1 Å². The molecule has 1 N–H and O–H groups in total. The molecule has 0 bridgehead atoms. The molecule has 2 rings (SSSR count).